The average Bonchev–Trinajstić information content (AvgIpc) is 2.92. The number of aliphatic hydroxyl groups is 2. The van der Waals surface area contributed by atoms with Crippen LogP contribution in [0.2, 0.25) is 0 Å². The fourth-order valence-corrected chi connectivity index (χ4v) is 1.69. The van der Waals surface area contributed by atoms with Crippen LogP contribution in [0.5, 0.6) is 0 Å². The van der Waals surface area contributed by atoms with Crippen LogP contribution in [-0.2, 0) is 0 Å². The highest BCUT2D eigenvalue weighted by molar-refractivity contribution is 5.76. The number of urea groups is 2. The van der Waals surface area contributed by atoms with Crippen molar-refractivity contribution in [1.29, 1.82) is 0 Å². The number of carbonyl (C=O) groups is 2. The van der Waals surface area contributed by atoms with Crippen molar-refractivity contribution in [2.45, 2.75) is 0 Å². The Balaban J connectivity index is 0.000000180. The van der Waals surface area contributed by atoms with Gasteiger partial charge in [-0.15, -0.1) is 0 Å². The van der Waals surface area contributed by atoms with E-state index in [1.807, 2.05) is 0 Å². The number of rotatable bonds is 4. The van der Waals surface area contributed by atoms with Crippen molar-refractivity contribution < 1.29 is 19.8 Å². The van der Waals surface area contributed by atoms with Crippen molar-refractivity contribution in [2.24, 2.45) is 0 Å². The second-order valence-electron chi connectivity index (χ2n) is 3.89. The molecule has 4 N–H and O–H groups in total. The third kappa shape index (κ3) is 4.38. The summed E-state index contributed by atoms with van der Waals surface area (Å²) < 4.78 is 0. The van der Waals surface area contributed by atoms with Crippen molar-refractivity contribution in [3.63, 3.8) is 0 Å². The van der Waals surface area contributed by atoms with Gasteiger partial charge in [-0.05, 0) is 0 Å². The molecule has 0 aromatic rings. The van der Waals surface area contributed by atoms with E-state index in [2.05, 4.69) is 10.6 Å². The van der Waals surface area contributed by atoms with Crippen molar-refractivity contribution in [3.05, 3.63) is 0 Å². The third-order valence-electron chi connectivity index (χ3n) is 2.63. The number of nitrogens with one attached hydrogen (secondary N) is 2. The molecule has 0 unspecified atom stereocenters. The Kier molecular flexibility index (Phi) is 6.23. The lowest BCUT2D eigenvalue weighted by Gasteiger charge is -2.10. The van der Waals surface area contributed by atoms with E-state index < -0.39 is 0 Å². The lowest BCUT2D eigenvalue weighted by Crippen LogP contribution is -2.30. The Hall–Kier alpha value is -1.54. The molecular weight excluding hydrogens is 240 g/mol. The molecule has 0 aliphatic carbocycles. The fraction of sp³-hybridized carbons (Fsp3) is 0.800. The summed E-state index contributed by atoms with van der Waals surface area (Å²) in [6.07, 6.45) is 0. The normalized spacial score (nSPS) is 18.3. The monoisotopic (exact) mass is 260 g/mol. The van der Waals surface area contributed by atoms with Crippen molar-refractivity contribution in [2.75, 3.05) is 52.5 Å². The minimum absolute atomic E-state index is 0.0490. The Morgan fingerprint density at radius 2 is 1.28 bits per heavy atom. The molecule has 104 valence electrons. The predicted octanol–water partition coefficient (Wildman–Crippen LogP) is -1.99. The summed E-state index contributed by atoms with van der Waals surface area (Å²) in [6.45, 7) is 3.86. The number of carbonyl (C=O) groups excluding carboxylic acids is 2. The topological polar surface area (TPSA) is 105 Å². The number of amides is 4. The van der Waals surface area contributed by atoms with Crippen LogP contribution >= 0.6 is 0 Å². The lowest BCUT2D eigenvalue weighted by molar-refractivity contribution is 0.197. The quantitative estimate of drug-likeness (QED) is 0.469. The molecule has 0 spiro atoms. The van der Waals surface area contributed by atoms with Crippen molar-refractivity contribution in [3.8, 4) is 0 Å². The van der Waals surface area contributed by atoms with E-state index in [1.54, 1.807) is 9.80 Å². The summed E-state index contributed by atoms with van der Waals surface area (Å²) in [4.78, 5) is 24.5. The van der Waals surface area contributed by atoms with Gasteiger partial charge >= 0.3 is 12.1 Å². The van der Waals surface area contributed by atoms with Gasteiger partial charge in [0, 0.05) is 39.3 Å². The first kappa shape index (κ1) is 14.5. The van der Waals surface area contributed by atoms with Gasteiger partial charge in [-0.2, -0.15) is 0 Å². The van der Waals surface area contributed by atoms with Crippen LogP contribution in [0, 0.1) is 0 Å². The van der Waals surface area contributed by atoms with Gasteiger partial charge in [0.15, 0.2) is 0 Å². The smallest absolute Gasteiger partial charge is 0.317 e. The number of β-amino-alcohol motifs (C(OH)–C–C–N with tert-alkyl or cyclic N) is 2. The minimum Gasteiger partial charge on any atom is -0.395 e. The molecule has 8 heteroatoms. The number of hydrogen-bond donors (Lipinski definition) is 4. The van der Waals surface area contributed by atoms with E-state index in [9.17, 15) is 9.59 Å². The van der Waals surface area contributed by atoms with Crippen LogP contribution in [0.4, 0.5) is 9.59 Å². The van der Waals surface area contributed by atoms with E-state index in [0.717, 1.165) is 13.1 Å². The number of hydrogen-bond acceptors (Lipinski definition) is 4. The predicted molar refractivity (Wildman–Crippen MR) is 64.1 cm³/mol. The standard InChI is InChI=1S/2C5H10N2O2/c2*8-4-3-7-2-1-6-5(7)9/h2*8H,1-4H2,(H,6,9). The minimum atomic E-state index is -0.0657. The molecule has 2 rings (SSSR count). The maximum Gasteiger partial charge on any atom is 0.317 e. The van der Waals surface area contributed by atoms with Gasteiger partial charge < -0.3 is 30.6 Å². The molecule has 18 heavy (non-hydrogen) atoms. The second-order valence-corrected chi connectivity index (χ2v) is 3.89. The van der Waals surface area contributed by atoms with Crippen LogP contribution in [0.3, 0.4) is 0 Å². The molecule has 0 aromatic carbocycles. The summed E-state index contributed by atoms with van der Waals surface area (Å²) in [6, 6.07) is -0.131. The highest BCUT2D eigenvalue weighted by atomic mass is 16.3. The van der Waals surface area contributed by atoms with Gasteiger partial charge in [0.25, 0.3) is 0 Å². The van der Waals surface area contributed by atoms with Gasteiger partial charge in [-0.25, -0.2) is 9.59 Å². The first-order chi connectivity index (χ1) is 8.69. The lowest BCUT2D eigenvalue weighted by atomic mass is 10.5. The van der Waals surface area contributed by atoms with Crippen LogP contribution in [0.15, 0.2) is 0 Å². The molecule has 2 fully saturated rings. The highest BCUT2D eigenvalue weighted by Crippen LogP contribution is 1.94. The fourth-order valence-electron chi connectivity index (χ4n) is 1.69. The summed E-state index contributed by atoms with van der Waals surface area (Å²) >= 11 is 0. The van der Waals surface area contributed by atoms with E-state index >= 15 is 0 Å². The van der Waals surface area contributed by atoms with Gasteiger partial charge in [0.1, 0.15) is 0 Å². The molecule has 0 saturated carbocycles. The molecule has 2 aliphatic rings. The average molecular weight is 260 g/mol. The largest absolute Gasteiger partial charge is 0.395 e. The Morgan fingerprint density at radius 1 is 0.889 bits per heavy atom. The highest BCUT2D eigenvalue weighted by Gasteiger charge is 2.18. The molecule has 0 aromatic heterocycles. The van der Waals surface area contributed by atoms with Crippen LogP contribution in [0.25, 0.3) is 0 Å². The van der Waals surface area contributed by atoms with E-state index in [4.69, 9.17) is 10.2 Å². The molecule has 0 radical (unpaired) electrons. The SMILES string of the molecule is O=C1NCCN1CCO.O=C1NCCN1CCO. The molecule has 0 atom stereocenters. The summed E-state index contributed by atoms with van der Waals surface area (Å²) in [7, 11) is 0. The molecule has 0 bridgehead atoms. The van der Waals surface area contributed by atoms with Crippen molar-refractivity contribution in [1.82, 2.24) is 20.4 Å². The maximum absolute atomic E-state index is 10.7. The van der Waals surface area contributed by atoms with Gasteiger partial charge in [-0.1, -0.05) is 0 Å². The molecular formula is C10H20N4O4. The molecule has 4 amide bonds. The summed E-state index contributed by atoms with van der Waals surface area (Å²) in [5.74, 6) is 0. The van der Waals surface area contributed by atoms with E-state index in [1.165, 1.54) is 0 Å². The molecule has 2 saturated heterocycles. The Labute approximate surface area is 106 Å². The summed E-state index contributed by atoms with van der Waals surface area (Å²) in [5, 5.41) is 22.1. The third-order valence-corrected chi connectivity index (χ3v) is 2.63. The molecule has 2 heterocycles. The van der Waals surface area contributed by atoms with Gasteiger partial charge in [-0.3, -0.25) is 0 Å². The zero-order valence-electron chi connectivity index (χ0n) is 10.3. The Bertz CT molecular complexity index is 259. The molecule has 2 aliphatic heterocycles. The molecule has 8 nitrogen and oxygen atoms in total. The Morgan fingerprint density at radius 3 is 1.50 bits per heavy atom. The first-order valence-corrected chi connectivity index (χ1v) is 5.96. The zero-order chi connectivity index (χ0) is 13.4. The number of nitrogens with zero attached hydrogens (tertiary/aromatic N) is 2. The number of aliphatic hydroxyl groups excluding tert-OH is 2. The van der Waals surface area contributed by atoms with E-state index in [-0.39, 0.29) is 25.3 Å². The summed E-state index contributed by atoms with van der Waals surface area (Å²) in [5.41, 5.74) is 0. The van der Waals surface area contributed by atoms with Crippen LogP contribution in [0.1, 0.15) is 0 Å². The van der Waals surface area contributed by atoms with Crippen molar-refractivity contribution >= 4 is 12.1 Å². The van der Waals surface area contributed by atoms with Gasteiger partial charge in [0.05, 0.1) is 13.2 Å². The van der Waals surface area contributed by atoms with Crippen LogP contribution in [-0.4, -0.2) is 84.6 Å². The van der Waals surface area contributed by atoms with Gasteiger partial charge in [0.2, 0.25) is 0 Å². The maximum atomic E-state index is 10.7. The first-order valence-electron chi connectivity index (χ1n) is 5.96. The second kappa shape index (κ2) is 7.72. The van der Waals surface area contributed by atoms with E-state index in [0.29, 0.717) is 26.2 Å². The zero-order valence-corrected chi connectivity index (χ0v) is 10.3. The van der Waals surface area contributed by atoms with Crippen LogP contribution < -0.4 is 10.6 Å².